The lowest BCUT2D eigenvalue weighted by Gasteiger charge is -2.51. The number of carboxylic acid groups (broad SMARTS) is 1. The van der Waals surface area contributed by atoms with E-state index in [1.54, 1.807) is 12.1 Å². The van der Waals surface area contributed by atoms with Crippen LogP contribution in [-0.2, 0) is 20.6 Å². The highest BCUT2D eigenvalue weighted by Gasteiger charge is 2.48. The Morgan fingerprint density at radius 1 is 1.22 bits per heavy atom. The summed E-state index contributed by atoms with van der Waals surface area (Å²) >= 11 is 0. The molecule has 7 rings (SSSR count). The van der Waals surface area contributed by atoms with Crippen molar-refractivity contribution in [2.24, 2.45) is 5.92 Å². The zero-order valence-corrected chi connectivity index (χ0v) is 21.3. The van der Waals surface area contributed by atoms with E-state index >= 15 is 0 Å². The average Bonchev–Trinajstić information content (AvgIpc) is 3.37. The molecule has 3 atom stereocenters. The Kier molecular flexibility index (Phi) is 6.24. The molecule has 2 aromatic heterocycles. The Hall–Kier alpha value is -2.56. The first-order valence-electron chi connectivity index (χ1n) is 13.3. The molecule has 2 aliphatic carbocycles. The highest BCUT2D eigenvalue weighted by atomic mass is 19.1. The Morgan fingerprint density at radius 2 is 1.95 bits per heavy atom. The first kappa shape index (κ1) is 24.8. The van der Waals surface area contributed by atoms with Crippen LogP contribution in [0.25, 0.3) is 11.0 Å². The minimum Gasteiger partial charge on any atom is -0.477 e. The van der Waals surface area contributed by atoms with Gasteiger partial charge in [-0.15, -0.1) is 0 Å². The van der Waals surface area contributed by atoms with Gasteiger partial charge in [-0.2, -0.15) is 0 Å². The van der Waals surface area contributed by atoms with Gasteiger partial charge in [0.2, 0.25) is 5.88 Å². The van der Waals surface area contributed by atoms with Crippen LogP contribution < -0.4 is 4.74 Å². The van der Waals surface area contributed by atoms with Crippen LogP contribution in [-0.4, -0.2) is 75.5 Å². The molecule has 1 amide bonds. The van der Waals surface area contributed by atoms with Gasteiger partial charge in [-0.25, -0.2) is 14.2 Å². The number of nitrogens with zero attached hydrogens (tertiary/aromatic N) is 3. The van der Waals surface area contributed by atoms with Gasteiger partial charge in [-0.3, -0.25) is 4.98 Å². The van der Waals surface area contributed by atoms with Crippen LogP contribution in [0, 0.1) is 11.7 Å². The first-order valence-corrected chi connectivity index (χ1v) is 13.3. The monoisotopic (exact) mass is 515 g/mol. The molecule has 2 bridgehead atoms. The van der Waals surface area contributed by atoms with Gasteiger partial charge in [0.1, 0.15) is 5.82 Å². The molecule has 5 aliphatic rings. The molecule has 10 heteroatoms. The second-order valence-electron chi connectivity index (χ2n) is 11.4. The second-order valence-corrected chi connectivity index (χ2v) is 11.4. The standard InChI is InChI=1S/C27H34FN3O6/c1-26(2)36-21-11-16(12-22(21)37-26)14-34-23-4-3-20-24(30-23)18(19(28)13-29-20)7-10-31(25(32)33)27-8-5-17(6-9-27)35-15-27/h3-4,13,16-17,21-22H,5-12,14-15H2,1-2H3,(H,32,33)/t16-,17?,21-,22+,27?. The Labute approximate surface area is 215 Å². The molecule has 37 heavy (non-hydrogen) atoms. The summed E-state index contributed by atoms with van der Waals surface area (Å²) in [5.74, 6) is -0.351. The van der Waals surface area contributed by atoms with E-state index in [9.17, 15) is 14.3 Å². The third-order valence-electron chi connectivity index (χ3n) is 8.46. The van der Waals surface area contributed by atoms with Crippen LogP contribution in [0.5, 0.6) is 5.88 Å². The molecule has 9 nitrogen and oxygen atoms in total. The van der Waals surface area contributed by atoms with Crippen molar-refractivity contribution < 1.29 is 33.2 Å². The van der Waals surface area contributed by atoms with Gasteiger partial charge in [-0.05, 0) is 70.8 Å². The predicted octanol–water partition coefficient (Wildman–Crippen LogP) is 4.31. The van der Waals surface area contributed by atoms with Crippen molar-refractivity contribution in [2.75, 3.05) is 19.8 Å². The van der Waals surface area contributed by atoms with E-state index in [1.807, 2.05) is 13.8 Å². The van der Waals surface area contributed by atoms with Crippen LogP contribution in [0.3, 0.4) is 0 Å². The number of ether oxygens (including phenoxy) is 4. The Morgan fingerprint density at radius 3 is 2.59 bits per heavy atom. The summed E-state index contributed by atoms with van der Waals surface area (Å²) in [4.78, 5) is 22.5. The maximum Gasteiger partial charge on any atom is 0.407 e. The van der Waals surface area contributed by atoms with Crippen molar-refractivity contribution in [1.82, 2.24) is 14.9 Å². The van der Waals surface area contributed by atoms with Gasteiger partial charge in [0.25, 0.3) is 0 Å². The average molecular weight is 516 g/mol. The van der Waals surface area contributed by atoms with Crippen LogP contribution in [0.1, 0.15) is 57.9 Å². The van der Waals surface area contributed by atoms with Gasteiger partial charge in [0.15, 0.2) is 5.79 Å². The van der Waals surface area contributed by atoms with E-state index in [0.29, 0.717) is 35.7 Å². The summed E-state index contributed by atoms with van der Waals surface area (Å²) in [5.41, 5.74) is 0.761. The molecule has 0 aromatic carbocycles. The van der Waals surface area contributed by atoms with E-state index in [0.717, 1.165) is 38.5 Å². The second kappa shape index (κ2) is 9.32. The predicted molar refractivity (Wildman–Crippen MR) is 131 cm³/mol. The van der Waals surface area contributed by atoms with Gasteiger partial charge in [0.05, 0.1) is 54.3 Å². The Balaban J connectivity index is 1.16. The van der Waals surface area contributed by atoms with Gasteiger partial charge < -0.3 is 29.0 Å². The topological polar surface area (TPSA) is 103 Å². The van der Waals surface area contributed by atoms with Crippen molar-refractivity contribution in [2.45, 2.75) is 88.4 Å². The summed E-state index contributed by atoms with van der Waals surface area (Å²) in [5, 5.41) is 10.0. The third-order valence-corrected chi connectivity index (χ3v) is 8.46. The number of aromatic nitrogens is 2. The number of amides is 1. The number of halogens is 1. The number of pyridine rings is 2. The first-order chi connectivity index (χ1) is 17.7. The molecule has 2 saturated carbocycles. The number of fused-ring (bicyclic) bond motifs is 5. The number of carbonyl (C=O) groups is 1. The van der Waals surface area contributed by atoms with Crippen molar-refractivity contribution in [3.05, 3.63) is 29.7 Å². The highest BCUT2D eigenvalue weighted by molar-refractivity contribution is 5.78. The fourth-order valence-corrected chi connectivity index (χ4v) is 6.62. The molecule has 3 aliphatic heterocycles. The van der Waals surface area contributed by atoms with Crippen molar-refractivity contribution >= 4 is 17.1 Å². The summed E-state index contributed by atoms with van der Waals surface area (Å²) in [6.45, 7) is 4.89. The lowest BCUT2D eigenvalue weighted by molar-refractivity contribution is -0.154. The van der Waals surface area contributed by atoms with Crippen LogP contribution in [0.4, 0.5) is 9.18 Å². The van der Waals surface area contributed by atoms with Gasteiger partial charge in [-0.1, -0.05) is 0 Å². The Bertz CT molecular complexity index is 1150. The lowest BCUT2D eigenvalue weighted by Crippen LogP contribution is -2.61. The van der Waals surface area contributed by atoms with Crippen LogP contribution in [0.15, 0.2) is 18.3 Å². The van der Waals surface area contributed by atoms with Crippen LogP contribution >= 0.6 is 0 Å². The fourth-order valence-electron chi connectivity index (χ4n) is 6.62. The SMILES string of the molecule is CC1(C)O[C@H]2C[C@H](COc3ccc4ncc(F)c(CCN(C(=O)O)C56CCC(CC5)OC6)c4n3)C[C@H]2O1. The number of hydrogen-bond donors (Lipinski definition) is 1. The quantitative estimate of drug-likeness (QED) is 0.582. The largest absolute Gasteiger partial charge is 0.477 e. The zero-order chi connectivity index (χ0) is 25.8. The molecule has 3 saturated heterocycles. The molecular weight excluding hydrogens is 481 g/mol. The molecular formula is C27H34FN3O6. The van der Waals surface area contributed by atoms with Crippen molar-refractivity contribution in [3.63, 3.8) is 0 Å². The van der Waals surface area contributed by atoms with Gasteiger partial charge in [0, 0.05) is 18.2 Å². The summed E-state index contributed by atoms with van der Waals surface area (Å²) in [7, 11) is 0. The van der Waals surface area contributed by atoms with E-state index in [2.05, 4.69) is 9.97 Å². The molecule has 0 unspecified atom stereocenters. The maximum absolute atomic E-state index is 15.0. The fraction of sp³-hybridized carbons (Fsp3) is 0.667. The summed E-state index contributed by atoms with van der Waals surface area (Å²) in [6, 6.07) is 3.51. The highest BCUT2D eigenvalue weighted by Crippen LogP contribution is 2.42. The molecule has 200 valence electrons. The maximum atomic E-state index is 15.0. The molecule has 2 aromatic rings. The minimum atomic E-state index is -1.00. The number of hydrogen-bond acceptors (Lipinski definition) is 7. The normalized spacial score (nSPS) is 32.0. The number of rotatable bonds is 7. The molecule has 1 N–H and O–H groups in total. The molecule has 5 fully saturated rings. The van der Waals surface area contributed by atoms with E-state index < -0.39 is 23.2 Å². The zero-order valence-electron chi connectivity index (χ0n) is 21.3. The third kappa shape index (κ3) is 4.75. The van der Waals surface area contributed by atoms with Crippen molar-refractivity contribution in [3.8, 4) is 5.88 Å². The van der Waals surface area contributed by atoms with Crippen LogP contribution in [0.2, 0.25) is 0 Å². The lowest BCUT2D eigenvalue weighted by atomic mass is 9.77. The minimum absolute atomic E-state index is 0.0827. The molecule has 5 heterocycles. The van der Waals surface area contributed by atoms with E-state index in [1.165, 1.54) is 11.1 Å². The van der Waals surface area contributed by atoms with E-state index in [-0.39, 0.29) is 37.2 Å². The molecule has 0 radical (unpaired) electrons. The van der Waals surface area contributed by atoms with E-state index in [4.69, 9.17) is 18.9 Å². The van der Waals surface area contributed by atoms with Crippen molar-refractivity contribution in [1.29, 1.82) is 0 Å². The smallest absolute Gasteiger partial charge is 0.407 e. The van der Waals surface area contributed by atoms with Gasteiger partial charge >= 0.3 is 6.09 Å². The summed E-state index contributed by atoms with van der Waals surface area (Å²) < 4.78 is 38.8. The molecule has 0 spiro atoms. The summed E-state index contributed by atoms with van der Waals surface area (Å²) in [6.07, 6.45) is 5.75.